The van der Waals surface area contributed by atoms with Crippen LogP contribution in [-0.2, 0) is 16.0 Å². The molecule has 124 valence electrons. The molecular weight excluding hydrogens is 330 g/mol. The fourth-order valence-corrected chi connectivity index (χ4v) is 3.62. The molecule has 0 atom stereocenters. The first kappa shape index (κ1) is 16.5. The van der Waals surface area contributed by atoms with Crippen LogP contribution in [0.1, 0.15) is 52.2 Å². The molecule has 2 heterocycles. The highest BCUT2D eigenvalue weighted by Crippen LogP contribution is 2.46. The van der Waals surface area contributed by atoms with E-state index in [1.54, 1.807) is 24.2 Å². The monoisotopic (exact) mass is 351 g/mol. The lowest BCUT2D eigenvalue weighted by molar-refractivity contribution is -0.120. The molecule has 3 rings (SSSR count). The van der Waals surface area contributed by atoms with Crippen LogP contribution in [0.4, 0.5) is 5.13 Å². The first-order chi connectivity index (χ1) is 10.8. The minimum Gasteiger partial charge on any atom is -0.444 e. The van der Waals surface area contributed by atoms with Gasteiger partial charge in [0, 0.05) is 10.8 Å². The molecule has 1 amide bonds. The zero-order chi connectivity index (χ0) is 16.7. The number of amides is 1. The van der Waals surface area contributed by atoms with E-state index in [2.05, 4.69) is 36.1 Å². The van der Waals surface area contributed by atoms with Crippen molar-refractivity contribution in [3.05, 3.63) is 24.0 Å². The summed E-state index contributed by atoms with van der Waals surface area (Å²) in [5.41, 5.74) is -0.211. The summed E-state index contributed by atoms with van der Waals surface area (Å²) in [6, 6.07) is 0. The van der Waals surface area contributed by atoms with Crippen LogP contribution < -0.4 is 5.32 Å². The van der Waals surface area contributed by atoms with Gasteiger partial charge in [0.05, 0.1) is 22.4 Å². The van der Waals surface area contributed by atoms with E-state index < -0.39 is 0 Å². The number of aromatic nitrogens is 2. The van der Waals surface area contributed by atoms with Crippen molar-refractivity contribution in [2.24, 2.45) is 5.41 Å². The maximum absolute atomic E-state index is 12.0. The van der Waals surface area contributed by atoms with Gasteiger partial charge in [0.1, 0.15) is 5.76 Å². The fraction of sp³-hybridized carbons (Fsp3) is 0.562. The Labute approximate surface area is 144 Å². The molecule has 23 heavy (non-hydrogen) atoms. The smallest absolute Gasteiger partial charge is 0.232 e. The van der Waals surface area contributed by atoms with Gasteiger partial charge in [-0.15, -0.1) is 11.8 Å². The predicted octanol–water partition coefficient (Wildman–Crippen LogP) is 4.46. The zero-order valence-electron chi connectivity index (χ0n) is 13.8. The van der Waals surface area contributed by atoms with E-state index in [-0.39, 0.29) is 16.7 Å². The van der Waals surface area contributed by atoms with Crippen LogP contribution in [-0.4, -0.2) is 15.9 Å². The number of anilines is 1. The minimum atomic E-state index is -0.180. The Hall–Kier alpha value is -1.34. The SMILES string of the molecule is CC1(C(=O)Nc2ncc(SCc3ncc(C(C)(C)C)o3)s2)CC1. The van der Waals surface area contributed by atoms with E-state index in [9.17, 15) is 4.79 Å². The third kappa shape index (κ3) is 3.95. The van der Waals surface area contributed by atoms with Gasteiger partial charge < -0.3 is 9.73 Å². The maximum atomic E-state index is 12.0. The summed E-state index contributed by atoms with van der Waals surface area (Å²) in [6.45, 7) is 8.29. The van der Waals surface area contributed by atoms with Crippen LogP contribution in [0.15, 0.2) is 21.0 Å². The van der Waals surface area contributed by atoms with Crippen LogP contribution >= 0.6 is 23.1 Å². The van der Waals surface area contributed by atoms with Gasteiger partial charge in [-0.2, -0.15) is 0 Å². The van der Waals surface area contributed by atoms with Crippen molar-refractivity contribution in [2.45, 2.75) is 55.9 Å². The normalized spacial score (nSPS) is 16.3. The molecule has 1 fully saturated rings. The number of carbonyl (C=O) groups is 1. The van der Waals surface area contributed by atoms with Gasteiger partial charge in [-0.1, -0.05) is 39.0 Å². The Morgan fingerprint density at radius 1 is 1.39 bits per heavy atom. The van der Waals surface area contributed by atoms with Crippen molar-refractivity contribution >= 4 is 34.1 Å². The van der Waals surface area contributed by atoms with Crippen molar-refractivity contribution in [1.82, 2.24) is 9.97 Å². The lowest BCUT2D eigenvalue weighted by Crippen LogP contribution is -2.21. The number of nitrogens with zero attached hydrogens (tertiary/aromatic N) is 2. The Morgan fingerprint density at radius 3 is 2.74 bits per heavy atom. The molecule has 0 aliphatic heterocycles. The van der Waals surface area contributed by atoms with Gasteiger partial charge >= 0.3 is 0 Å². The third-order valence-electron chi connectivity index (χ3n) is 3.88. The average Bonchev–Trinajstić information content (AvgIpc) is 2.92. The molecular formula is C16H21N3O2S2. The summed E-state index contributed by atoms with van der Waals surface area (Å²) < 4.78 is 6.82. The lowest BCUT2D eigenvalue weighted by Gasteiger charge is -2.12. The summed E-state index contributed by atoms with van der Waals surface area (Å²) in [5.74, 6) is 2.34. The second kappa shape index (κ2) is 5.94. The molecule has 2 aromatic rings. The Bertz CT molecular complexity index is 711. The van der Waals surface area contributed by atoms with Crippen LogP contribution in [0.3, 0.4) is 0 Å². The van der Waals surface area contributed by atoms with Crippen LogP contribution in [0.5, 0.6) is 0 Å². The summed E-state index contributed by atoms with van der Waals surface area (Å²) in [7, 11) is 0. The van der Waals surface area contributed by atoms with Gasteiger partial charge in [0.25, 0.3) is 0 Å². The largest absolute Gasteiger partial charge is 0.444 e. The number of hydrogen-bond acceptors (Lipinski definition) is 6. The average molecular weight is 351 g/mol. The van der Waals surface area contributed by atoms with Crippen LogP contribution in [0, 0.1) is 5.41 Å². The number of oxazole rings is 1. The van der Waals surface area contributed by atoms with E-state index in [4.69, 9.17) is 4.42 Å². The molecule has 1 aliphatic carbocycles. The molecule has 0 radical (unpaired) electrons. The number of rotatable bonds is 5. The fourth-order valence-electron chi connectivity index (χ4n) is 1.90. The summed E-state index contributed by atoms with van der Waals surface area (Å²) in [5, 5.41) is 3.56. The highest BCUT2D eigenvalue weighted by atomic mass is 32.2. The highest BCUT2D eigenvalue weighted by molar-refractivity contribution is 8.00. The molecule has 5 nitrogen and oxygen atoms in total. The quantitative estimate of drug-likeness (QED) is 0.806. The van der Waals surface area contributed by atoms with Crippen molar-refractivity contribution in [3.63, 3.8) is 0 Å². The number of thioether (sulfide) groups is 1. The van der Waals surface area contributed by atoms with Gasteiger partial charge in [-0.05, 0) is 12.8 Å². The standard InChI is InChI=1S/C16H21N3O2S2/c1-15(2,3)10-7-17-11(21-10)9-22-12-8-18-14(23-12)19-13(20)16(4)5-6-16/h7-8H,5-6,9H2,1-4H3,(H,18,19,20). The molecule has 0 bridgehead atoms. The summed E-state index contributed by atoms with van der Waals surface area (Å²) in [6.07, 6.45) is 5.51. The first-order valence-electron chi connectivity index (χ1n) is 7.62. The first-order valence-corrected chi connectivity index (χ1v) is 9.42. The van der Waals surface area contributed by atoms with Gasteiger partial charge in [0.2, 0.25) is 11.8 Å². The molecule has 1 N–H and O–H groups in total. The molecule has 0 aromatic carbocycles. The van der Waals surface area contributed by atoms with E-state index in [1.165, 1.54) is 11.3 Å². The van der Waals surface area contributed by atoms with Gasteiger partial charge in [0.15, 0.2) is 5.13 Å². The van der Waals surface area contributed by atoms with E-state index in [0.29, 0.717) is 16.8 Å². The topological polar surface area (TPSA) is 68.0 Å². The molecule has 0 spiro atoms. The van der Waals surface area contributed by atoms with Crippen LogP contribution in [0.2, 0.25) is 0 Å². The number of thiazole rings is 1. The van der Waals surface area contributed by atoms with Crippen molar-refractivity contribution < 1.29 is 9.21 Å². The Balaban J connectivity index is 1.55. The predicted molar refractivity (Wildman–Crippen MR) is 92.8 cm³/mol. The Morgan fingerprint density at radius 2 is 2.13 bits per heavy atom. The molecule has 1 saturated carbocycles. The van der Waals surface area contributed by atoms with E-state index >= 15 is 0 Å². The molecule has 0 unspecified atom stereocenters. The number of nitrogens with one attached hydrogen (secondary N) is 1. The lowest BCUT2D eigenvalue weighted by atomic mass is 9.94. The van der Waals surface area contributed by atoms with E-state index in [1.807, 2.05) is 6.92 Å². The minimum absolute atomic E-state index is 0.0310. The van der Waals surface area contributed by atoms with Crippen molar-refractivity contribution in [2.75, 3.05) is 5.32 Å². The maximum Gasteiger partial charge on any atom is 0.232 e. The third-order valence-corrected chi connectivity index (χ3v) is 5.98. The molecule has 0 saturated heterocycles. The zero-order valence-corrected chi connectivity index (χ0v) is 15.4. The van der Waals surface area contributed by atoms with Gasteiger partial charge in [-0.25, -0.2) is 9.97 Å². The van der Waals surface area contributed by atoms with Crippen molar-refractivity contribution in [3.8, 4) is 0 Å². The highest BCUT2D eigenvalue weighted by Gasteiger charge is 2.45. The van der Waals surface area contributed by atoms with Gasteiger partial charge in [-0.3, -0.25) is 4.79 Å². The van der Waals surface area contributed by atoms with E-state index in [0.717, 1.165) is 22.8 Å². The number of hydrogen-bond donors (Lipinski definition) is 1. The van der Waals surface area contributed by atoms with Crippen LogP contribution in [0.25, 0.3) is 0 Å². The Kier molecular flexibility index (Phi) is 4.27. The number of carbonyl (C=O) groups excluding carboxylic acids is 1. The second-order valence-electron chi connectivity index (χ2n) is 7.16. The molecule has 2 aromatic heterocycles. The molecule has 1 aliphatic rings. The van der Waals surface area contributed by atoms with Crippen molar-refractivity contribution in [1.29, 1.82) is 0 Å². The summed E-state index contributed by atoms with van der Waals surface area (Å²) >= 11 is 3.10. The molecule has 7 heteroatoms. The second-order valence-corrected chi connectivity index (χ2v) is 9.46. The summed E-state index contributed by atoms with van der Waals surface area (Å²) in [4.78, 5) is 20.6.